The molecular weight excluding hydrogens is 119 g/mol. The van der Waals surface area contributed by atoms with Crippen molar-refractivity contribution in [2.75, 3.05) is 20.1 Å². The fourth-order valence-corrected chi connectivity index (χ4v) is 1.15. The molecule has 54 valence electrons. The Kier molecular flexibility index (Phi) is 2.42. The van der Waals surface area contributed by atoms with E-state index in [-0.39, 0.29) is 6.04 Å². The van der Waals surface area contributed by atoms with Crippen molar-refractivity contribution in [1.29, 1.82) is 0 Å². The first-order valence-electron chi connectivity index (χ1n) is 3.36. The minimum Gasteiger partial charge on any atom is -0.314 e. The van der Waals surface area contributed by atoms with Gasteiger partial charge in [-0.05, 0) is 20.0 Å². The summed E-state index contributed by atoms with van der Waals surface area (Å²) in [6, 6.07) is 0.0752. The summed E-state index contributed by atoms with van der Waals surface area (Å²) < 4.78 is 12.7. The number of piperidine rings is 1. The number of nitrogens with one attached hydrogen (secondary N) is 2. The fraction of sp³-hybridized carbons (Fsp3) is 1.00. The van der Waals surface area contributed by atoms with Crippen LogP contribution in [0, 0.1) is 0 Å². The summed E-state index contributed by atoms with van der Waals surface area (Å²) in [4.78, 5) is 0. The molecule has 0 saturated carbocycles. The third-order valence-corrected chi connectivity index (χ3v) is 1.78. The molecule has 0 aliphatic carbocycles. The van der Waals surface area contributed by atoms with Gasteiger partial charge in [0.15, 0.2) is 0 Å². The molecule has 1 aliphatic rings. The van der Waals surface area contributed by atoms with Crippen molar-refractivity contribution in [1.82, 2.24) is 10.6 Å². The Bertz CT molecular complexity index is 87.1. The second-order valence-electron chi connectivity index (χ2n) is 2.40. The molecule has 0 amide bonds. The van der Waals surface area contributed by atoms with Crippen LogP contribution in [0.5, 0.6) is 0 Å². The van der Waals surface area contributed by atoms with Crippen LogP contribution in [0.15, 0.2) is 0 Å². The van der Waals surface area contributed by atoms with Crippen LogP contribution in [-0.2, 0) is 0 Å². The van der Waals surface area contributed by atoms with Crippen LogP contribution in [0.25, 0.3) is 0 Å². The van der Waals surface area contributed by atoms with Crippen LogP contribution >= 0.6 is 0 Å². The molecule has 0 spiro atoms. The number of alkyl halides is 1. The van der Waals surface area contributed by atoms with Gasteiger partial charge in [0, 0.05) is 12.6 Å². The predicted molar refractivity (Wildman–Crippen MR) is 35.2 cm³/mol. The predicted octanol–water partition coefficient (Wildman–Crippen LogP) is -0.0942. The zero-order valence-corrected chi connectivity index (χ0v) is 5.65. The highest BCUT2D eigenvalue weighted by Crippen LogP contribution is 2.05. The highest BCUT2D eigenvalue weighted by atomic mass is 19.1. The molecule has 0 aromatic rings. The highest BCUT2D eigenvalue weighted by Gasteiger charge is 2.21. The lowest BCUT2D eigenvalue weighted by Gasteiger charge is -2.25. The van der Waals surface area contributed by atoms with Crippen molar-refractivity contribution in [3.63, 3.8) is 0 Å². The van der Waals surface area contributed by atoms with E-state index in [2.05, 4.69) is 10.6 Å². The molecule has 0 bridgehead atoms. The molecule has 3 heteroatoms. The first kappa shape index (κ1) is 6.96. The molecule has 1 aliphatic heterocycles. The first-order valence-corrected chi connectivity index (χ1v) is 3.36. The van der Waals surface area contributed by atoms with Gasteiger partial charge < -0.3 is 10.6 Å². The normalized spacial score (nSPS) is 36.7. The number of hydrogen-bond acceptors (Lipinski definition) is 2. The van der Waals surface area contributed by atoms with E-state index >= 15 is 0 Å². The van der Waals surface area contributed by atoms with E-state index in [9.17, 15) is 4.39 Å². The summed E-state index contributed by atoms with van der Waals surface area (Å²) in [6.45, 7) is 1.44. The lowest BCUT2D eigenvalue weighted by Crippen LogP contribution is -2.47. The monoisotopic (exact) mass is 132 g/mol. The summed E-state index contributed by atoms with van der Waals surface area (Å²) in [7, 11) is 1.81. The van der Waals surface area contributed by atoms with E-state index in [0.717, 1.165) is 13.0 Å². The fourth-order valence-electron chi connectivity index (χ4n) is 1.15. The Labute approximate surface area is 54.8 Å². The summed E-state index contributed by atoms with van der Waals surface area (Å²) >= 11 is 0. The molecule has 0 aromatic carbocycles. The molecule has 1 heterocycles. The smallest absolute Gasteiger partial charge is 0.128 e. The van der Waals surface area contributed by atoms with Gasteiger partial charge in [-0.1, -0.05) is 0 Å². The van der Waals surface area contributed by atoms with Crippen molar-refractivity contribution in [2.45, 2.75) is 18.6 Å². The van der Waals surface area contributed by atoms with Gasteiger partial charge in [-0.15, -0.1) is 0 Å². The van der Waals surface area contributed by atoms with Crippen LogP contribution < -0.4 is 10.6 Å². The highest BCUT2D eigenvalue weighted by molar-refractivity contribution is 4.81. The number of halogens is 1. The Hall–Kier alpha value is -0.150. The zero-order valence-electron chi connectivity index (χ0n) is 5.65. The topological polar surface area (TPSA) is 24.1 Å². The second-order valence-corrected chi connectivity index (χ2v) is 2.40. The van der Waals surface area contributed by atoms with E-state index < -0.39 is 6.17 Å². The third kappa shape index (κ3) is 1.63. The van der Waals surface area contributed by atoms with Crippen LogP contribution in [0.1, 0.15) is 6.42 Å². The molecule has 2 atom stereocenters. The lowest BCUT2D eigenvalue weighted by atomic mass is 10.1. The van der Waals surface area contributed by atoms with Gasteiger partial charge in [-0.3, -0.25) is 0 Å². The molecule has 1 fully saturated rings. The van der Waals surface area contributed by atoms with Gasteiger partial charge in [-0.2, -0.15) is 0 Å². The molecule has 0 radical (unpaired) electrons. The molecule has 0 aromatic heterocycles. The van der Waals surface area contributed by atoms with Crippen LogP contribution in [0.3, 0.4) is 0 Å². The standard InChI is InChI=1S/C6H13FN2/c1-8-6-2-3-9-4-5(6)7/h5-6,8-9H,2-4H2,1H3/t5-,6+/m0/s1. The van der Waals surface area contributed by atoms with Gasteiger partial charge in [0.1, 0.15) is 6.17 Å². The minimum atomic E-state index is -0.705. The maximum Gasteiger partial charge on any atom is 0.128 e. The molecule has 2 N–H and O–H groups in total. The lowest BCUT2D eigenvalue weighted by molar-refractivity contribution is 0.210. The van der Waals surface area contributed by atoms with Gasteiger partial charge in [0.2, 0.25) is 0 Å². The Morgan fingerprint density at radius 2 is 2.44 bits per heavy atom. The van der Waals surface area contributed by atoms with Crippen molar-refractivity contribution >= 4 is 0 Å². The Balaban J connectivity index is 2.30. The summed E-state index contributed by atoms with van der Waals surface area (Å²) in [5.74, 6) is 0. The summed E-state index contributed by atoms with van der Waals surface area (Å²) in [5.41, 5.74) is 0. The zero-order chi connectivity index (χ0) is 6.69. The quantitative estimate of drug-likeness (QED) is 0.521. The molecule has 1 saturated heterocycles. The molecule has 0 unspecified atom stereocenters. The van der Waals surface area contributed by atoms with Gasteiger partial charge in [-0.25, -0.2) is 4.39 Å². The van der Waals surface area contributed by atoms with E-state index in [4.69, 9.17) is 0 Å². The Morgan fingerprint density at radius 1 is 1.67 bits per heavy atom. The van der Waals surface area contributed by atoms with Gasteiger partial charge in [0.25, 0.3) is 0 Å². The molecule has 1 rings (SSSR count). The van der Waals surface area contributed by atoms with Crippen LogP contribution in [0.2, 0.25) is 0 Å². The third-order valence-electron chi connectivity index (χ3n) is 1.78. The number of rotatable bonds is 1. The summed E-state index contributed by atoms with van der Waals surface area (Å²) in [5, 5.41) is 5.92. The largest absolute Gasteiger partial charge is 0.314 e. The molecule has 9 heavy (non-hydrogen) atoms. The van der Waals surface area contributed by atoms with E-state index in [1.165, 1.54) is 0 Å². The van der Waals surface area contributed by atoms with E-state index in [1.54, 1.807) is 0 Å². The second kappa shape index (κ2) is 3.13. The SMILES string of the molecule is CN[C@@H]1CCNC[C@@H]1F. The summed E-state index contributed by atoms with van der Waals surface area (Å²) in [6.07, 6.45) is 0.196. The maximum absolute atomic E-state index is 12.7. The molecule has 2 nitrogen and oxygen atoms in total. The van der Waals surface area contributed by atoms with E-state index in [0.29, 0.717) is 6.54 Å². The molecular formula is C6H13FN2. The minimum absolute atomic E-state index is 0.0752. The van der Waals surface area contributed by atoms with Crippen molar-refractivity contribution < 1.29 is 4.39 Å². The van der Waals surface area contributed by atoms with E-state index in [1.807, 2.05) is 7.05 Å². The van der Waals surface area contributed by atoms with Crippen molar-refractivity contribution in [3.05, 3.63) is 0 Å². The van der Waals surface area contributed by atoms with Crippen molar-refractivity contribution in [3.8, 4) is 0 Å². The van der Waals surface area contributed by atoms with Crippen molar-refractivity contribution in [2.24, 2.45) is 0 Å². The number of hydrogen-bond donors (Lipinski definition) is 2. The van der Waals surface area contributed by atoms with Crippen LogP contribution in [0.4, 0.5) is 4.39 Å². The van der Waals surface area contributed by atoms with Crippen LogP contribution in [-0.4, -0.2) is 32.4 Å². The van der Waals surface area contributed by atoms with Gasteiger partial charge >= 0.3 is 0 Å². The van der Waals surface area contributed by atoms with Gasteiger partial charge in [0.05, 0.1) is 0 Å². The average Bonchev–Trinajstić information content (AvgIpc) is 1.89. The average molecular weight is 132 g/mol. The maximum atomic E-state index is 12.7. The Morgan fingerprint density at radius 3 is 2.89 bits per heavy atom. The first-order chi connectivity index (χ1) is 4.34.